The maximum atomic E-state index is 13.8. The van der Waals surface area contributed by atoms with Gasteiger partial charge in [-0.1, -0.05) is 12.1 Å². The lowest BCUT2D eigenvalue weighted by atomic mass is 10.2. The first-order chi connectivity index (χ1) is 8.76. The van der Waals surface area contributed by atoms with Gasteiger partial charge in [0.05, 0.1) is 17.3 Å². The van der Waals surface area contributed by atoms with Crippen molar-refractivity contribution in [3.05, 3.63) is 54.1 Å². The van der Waals surface area contributed by atoms with E-state index in [1.807, 2.05) is 30.0 Å². The predicted molar refractivity (Wildman–Crippen MR) is 72.9 cm³/mol. The Balaban J connectivity index is 2.42. The zero-order valence-electron chi connectivity index (χ0n) is 10.1. The molecule has 0 unspecified atom stereocenters. The van der Waals surface area contributed by atoms with Gasteiger partial charge in [-0.15, -0.1) is 11.6 Å². The van der Waals surface area contributed by atoms with Crippen molar-refractivity contribution < 1.29 is 4.39 Å². The topological polar surface area (TPSA) is 16.1 Å². The van der Waals surface area contributed by atoms with Crippen LogP contribution in [0.25, 0.3) is 0 Å². The Bertz CT molecular complexity index is 531. The number of para-hydroxylation sites is 1. The fourth-order valence-corrected chi connectivity index (χ4v) is 2.02. The molecule has 0 saturated carbocycles. The molecule has 0 amide bonds. The summed E-state index contributed by atoms with van der Waals surface area (Å²) in [5.74, 6) is 0.117. The predicted octanol–water partition coefficient (Wildman–Crippen LogP) is 4.12. The minimum atomic E-state index is -0.233. The van der Waals surface area contributed by atoms with E-state index < -0.39 is 0 Å². The minimum Gasteiger partial charge on any atom is -0.339 e. The quantitative estimate of drug-likeness (QED) is 0.773. The monoisotopic (exact) mass is 264 g/mol. The van der Waals surface area contributed by atoms with Gasteiger partial charge < -0.3 is 4.90 Å². The molecule has 0 aliphatic rings. The number of nitrogens with zero attached hydrogens (tertiary/aromatic N) is 2. The van der Waals surface area contributed by atoms with Gasteiger partial charge in [0.1, 0.15) is 5.82 Å². The van der Waals surface area contributed by atoms with Crippen LogP contribution in [0.2, 0.25) is 0 Å². The number of aromatic nitrogens is 1. The van der Waals surface area contributed by atoms with Crippen LogP contribution in [0.4, 0.5) is 15.8 Å². The van der Waals surface area contributed by atoms with E-state index in [1.54, 1.807) is 18.3 Å². The highest BCUT2D eigenvalue weighted by Gasteiger charge is 2.11. The van der Waals surface area contributed by atoms with Crippen LogP contribution in [-0.2, 0) is 5.88 Å². The van der Waals surface area contributed by atoms with E-state index in [0.29, 0.717) is 18.1 Å². The van der Waals surface area contributed by atoms with Gasteiger partial charge >= 0.3 is 0 Å². The molecule has 0 aliphatic heterocycles. The van der Waals surface area contributed by atoms with Crippen LogP contribution in [-0.4, -0.2) is 11.5 Å². The summed E-state index contributed by atoms with van der Waals surface area (Å²) >= 11 is 5.77. The van der Waals surface area contributed by atoms with Gasteiger partial charge in [0.2, 0.25) is 0 Å². The smallest absolute Gasteiger partial charge is 0.146 e. The van der Waals surface area contributed by atoms with Crippen LogP contribution in [0.15, 0.2) is 42.6 Å². The van der Waals surface area contributed by atoms with Gasteiger partial charge in [-0.3, -0.25) is 4.98 Å². The Kier molecular flexibility index (Phi) is 4.15. The first-order valence-electron chi connectivity index (χ1n) is 5.79. The van der Waals surface area contributed by atoms with E-state index in [0.717, 1.165) is 11.4 Å². The molecule has 2 nitrogen and oxygen atoms in total. The lowest BCUT2D eigenvalue weighted by molar-refractivity contribution is 0.625. The normalized spacial score (nSPS) is 10.4. The Morgan fingerprint density at radius 3 is 2.72 bits per heavy atom. The van der Waals surface area contributed by atoms with Crippen LogP contribution in [0, 0.1) is 5.82 Å². The van der Waals surface area contributed by atoms with Crippen molar-refractivity contribution in [2.24, 2.45) is 0 Å². The lowest BCUT2D eigenvalue weighted by Crippen LogP contribution is -2.17. The van der Waals surface area contributed by atoms with Crippen LogP contribution in [0.5, 0.6) is 0 Å². The number of halogens is 2. The van der Waals surface area contributed by atoms with E-state index in [4.69, 9.17) is 11.6 Å². The average molecular weight is 265 g/mol. The first-order valence-corrected chi connectivity index (χ1v) is 6.32. The summed E-state index contributed by atoms with van der Waals surface area (Å²) in [5, 5.41) is 0. The van der Waals surface area contributed by atoms with Crippen LogP contribution in [0.3, 0.4) is 0 Å². The zero-order chi connectivity index (χ0) is 13.0. The molecule has 0 aliphatic carbocycles. The molecule has 0 spiro atoms. The molecule has 0 bridgehead atoms. The SMILES string of the molecule is CCN(c1ccnc(CCl)c1)c1ccccc1F. The van der Waals surface area contributed by atoms with Gasteiger partial charge in [0, 0.05) is 18.4 Å². The van der Waals surface area contributed by atoms with Crippen LogP contribution >= 0.6 is 11.6 Å². The maximum absolute atomic E-state index is 13.8. The van der Waals surface area contributed by atoms with Crippen molar-refractivity contribution in [1.29, 1.82) is 0 Å². The molecule has 0 saturated heterocycles. The molecule has 1 aromatic carbocycles. The van der Waals surface area contributed by atoms with Crippen molar-refractivity contribution in [2.75, 3.05) is 11.4 Å². The average Bonchev–Trinajstić information content (AvgIpc) is 2.42. The summed E-state index contributed by atoms with van der Waals surface area (Å²) < 4.78 is 13.8. The number of benzene rings is 1. The number of alkyl halides is 1. The molecule has 1 aromatic heterocycles. The van der Waals surface area contributed by atoms with Crippen molar-refractivity contribution in [3.63, 3.8) is 0 Å². The van der Waals surface area contributed by atoms with Gasteiger partial charge in [0.15, 0.2) is 0 Å². The molecule has 94 valence electrons. The summed E-state index contributed by atoms with van der Waals surface area (Å²) in [5.41, 5.74) is 2.24. The second-order valence-corrected chi connectivity index (χ2v) is 4.10. The van der Waals surface area contributed by atoms with E-state index in [1.165, 1.54) is 6.07 Å². The Labute approximate surface area is 111 Å². The molecule has 1 heterocycles. The Morgan fingerprint density at radius 1 is 1.28 bits per heavy atom. The molecule has 0 atom stereocenters. The highest BCUT2D eigenvalue weighted by atomic mass is 35.5. The van der Waals surface area contributed by atoms with E-state index in [9.17, 15) is 4.39 Å². The number of hydrogen-bond donors (Lipinski definition) is 0. The summed E-state index contributed by atoms with van der Waals surface area (Å²) in [7, 11) is 0. The number of rotatable bonds is 4. The highest BCUT2D eigenvalue weighted by molar-refractivity contribution is 6.16. The second-order valence-electron chi connectivity index (χ2n) is 3.83. The van der Waals surface area contributed by atoms with Crippen LogP contribution in [0.1, 0.15) is 12.6 Å². The molecule has 0 fully saturated rings. The number of hydrogen-bond acceptors (Lipinski definition) is 2. The van der Waals surface area contributed by atoms with E-state index in [-0.39, 0.29) is 5.82 Å². The number of pyridine rings is 1. The standard InChI is InChI=1S/C14H14ClFN2/c1-2-18(14-6-4-3-5-13(14)16)12-7-8-17-11(9-12)10-15/h3-9H,2,10H2,1H3. The van der Waals surface area contributed by atoms with Gasteiger partial charge in [-0.2, -0.15) is 0 Å². The Hall–Kier alpha value is -1.61. The largest absolute Gasteiger partial charge is 0.339 e. The van der Waals surface area contributed by atoms with Crippen molar-refractivity contribution in [1.82, 2.24) is 4.98 Å². The molecule has 2 rings (SSSR count). The Morgan fingerprint density at radius 2 is 2.06 bits per heavy atom. The molecular formula is C14H14ClFN2. The van der Waals surface area contributed by atoms with Crippen molar-refractivity contribution >= 4 is 23.0 Å². The molecule has 2 aromatic rings. The highest BCUT2D eigenvalue weighted by Crippen LogP contribution is 2.27. The summed E-state index contributed by atoms with van der Waals surface area (Å²) in [6.07, 6.45) is 1.69. The van der Waals surface area contributed by atoms with Gasteiger partial charge in [-0.25, -0.2) is 4.39 Å². The summed E-state index contributed by atoms with van der Waals surface area (Å²) in [6.45, 7) is 2.65. The van der Waals surface area contributed by atoms with Gasteiger partial charge in [0.25, 0.3) is 0 Å². The first kappa shape index (κ1) is 12.8. The van der Waals surface area contributed by atoms with Crippen LogP contribution < -0.4 is 4.90 Å². The molecule has 18 heavy (non-hydrogen) atoms. The maximum Gasteiger partial charge on any atom is 0.146 e. The van der Waals surface area contributed by atoms with Crippen molar-refractivity contribution in [2.45, 2.75) is 12.8 Å². The lowest BCUT2D eigenvalue weighted by Gasteiger charge is -2.23. The zero-order valence-corrected chi connectivity index (χ0v) is 10.9. The summed E-state index contributed by atoms with van der Waals surface area (Å²) in [6, 6.07) is 10.5. The minimum absolute atomic E-state index is 0.233. The molecule has 0 radical (unpaired) electrons. The second kappa shape index (κ2) is 5.83. The summed E-state index contributed by atoms with van der Waals surface area (Å²) in [4.78, 5) is 6.03. The molecule has 4 heteroatoms. The van der Waals surface area contributed by atoms with E-state index in [2.05, 4.69) is 4.98 Å². The molecular weight excluding hydrogens is 251 g/mol. The van der Waals surface area contributed by atoms with E-state index >= 15 is 0 Å². The van der Waals surface area contributed by atoms with Gasteiger partial charge in [-0.05, 0) is 31.2 Å². The fourth-order valence-electron chi connectivity index (χ4n) is 1.87. The number of anilines is 2. The molecule has 0 N–H and O–H groups in total. The third-order valence-electron chi connectivity index (χ3n) is 2.71. The fraction of sp³-hybridized carbons (Fsp3) is 0.214. The van der Waals surface area contributed by atoms with Crippen molar-refractivity contribution in [3.8, 4) is 0 Å². The third kappa shape index (κ3) is 2.62. The third-order valence-corrected chi connectivity index (χ3v) is 2.98.